The predicted molar refractivity (Wildman–Crippen MR) is 150 cm³/mol. The van der Waals surface area contributed by atoms with Crippen LogP contribution in [0.25, 0.3) is 0 Å². The first-order valence-electron chi connectivity index (χ1n) is 13.2. The molecule has 0 radical (unpaired) electrons. The topological polar surface area (TPSA) is 126 Å². The van der Waals surface area contributed by atoms with E-state index in [1.54, 1.807) is 37.1 Å². The zero-order chi connectivity index (χ0) is 28.4. The van der Waals surface area contributed by atoms with Gasteiger partial charge in [-0.1, -0.05) is 37.1 Å². The number of hydrogen-bond donors (Lipinski definition) is 2. The standard InChI is InChI=1S/C29H37N7O3/c1-7-8-23(21-13-17(2)9-10-18(21)3)33-29(39)36-25(27(38)35(6)28-31-11-12-34(28)5)22(26(36)37)15-20-14-19(4)32-24(30)16-20/h9-14,16,22-23,25H,7-8,15H2,1-6H3,(H2,30,32)(H,33,39)/t22-,23-,25+/m1/s1. The number of benzene rings is 1. The molecule has 0 saturated carbocycles. The molecule has 1 saturated heterocycles. The Morgan fingerprint density at radius 2 is 1.92 bits per heavy atom. The second kappa shape index (κ2) is 11.3. The molecule has 206 valence electrons. The lowest BCUT2D eigenvalue weighted by atomic mass is 9.81. The van der Waals surface area contributed by atoms with Crippen LogP contribution in [0.4, 0.5) is 16.6 Å². The molecule has 3 aromatic rings. The van der Waals surface area contributed by atoms with Gasteiger partial charge in [-0.3, -0.25) is 19.4 Å². The number of nitrogens with zero attached hydrogens (tertiary/aromatic N) is 5. The van der Waals surface area contributed by atoms with Gasteiger partial charge in [0.15, 0.2) is 0 Å². The SMILES string of the molecule is CCC[C@@H](NC(=O)N1C(=O)[C@H](Cc2cc(C)nc(N)c2)[C@H]1C(=O)N(C)c1nccn1C)c1cc(C)ccc1C. The van der Waals surface area contributed by atoms with Crippen LogP contribution in [0.1, 0.15) is 53.8 Å². The number of carbonyl (C=O) groups excluding carboxylic acids is 3. The van der Waals surface area contributed by atoms with E-state index in [2.05, 4.69) is 21.4 Å². The normalized spacial score (nSPS) is 17.5. The highest BCUT2D eigenvalue weighted by atomic mass is 16.2. The Morgan fingerprint density at radius 1 is 1.18 bits per heavy atom. The van der Waals surface area contributed by atoms with Gasteiger partial charge in [0.1, 0.15) is 11.9 Å². The minimum absolute atomic E-state index is 0.260. The Labute approximate surface area is 229 Å². The molecule has 1 fully saturated rings. The summed E-state index contributed by atoms with van der Waals surface area (Å²) in [5, 5.41) is 3.05. The highest BCUT2D eigenvalue weighted by molar-refractivity contribution is 6.12. The predicted octanol–water partition coefficient (Wildman–Crippen LogP) is 3.61. The van der Waals surface area contributed by atoms with Gasteiger partial charge in [-0.15, -0.1) is 0 Å². The number of nitrogens with two attached hydrogens (primary N) is 1. The average molecular weight is 532 g/mol. The lowest BCUT2D eigenvalue weighted by Crippen LogP contribution is -2.70. The van der Waals surface area contributed by atoms with Crippen LogP contribution >= 0.6 is 0 Å². The van der Waals surface area contributed by atoms with E-state index in [-0.39, 0.29) is 18.4 Å². The van der Waals surface area contributed by atoms with E-state index in [4.69, 9.17) is 5.73 Å². The number of imide groups is 1. The van der Waals surface area contributed by atoms with Crippen molar-refractivity contribution in [3.63, 3.8) is 0 Å². The first-order chi connectivity index (χ1) is 18.5. The number of nitrogens with one attached hydrogen (secondary N) is 1. The molecule has 1 aliphatic heterocycles. The number of hydrogen-bond acceptors (Lipinski definition) is 6. The van der Waals surface area contributed by atoms with Crippen LogP contribution in [0, 0.1) is 26.7 Å². The van der Waals surface area contributed by atoms with Gasteiger partial charge in [0.05, 0.1) is 12.0 Å². The van der Waals surface area contributed by atoms with Crippen molar-refractivity contribution in [3.05, 3.63) is 70.7 Å². The minimum atomic E-state index is -0.991. The Hall–Kier alpha value is -4.21. The number of aromatic nitrogens is 3. The summed E-state index contributed by atoms with van der Waals surface area (Å²) in [6, 6.07) is 7.80. The van der Waals surface area contributed by atoms with Crippen molar-refractivity contribution >= 4 is 29.6 Å². The zero-order valence-corrected chi connectivity index (χ0v) is 23.4. The smallest absolute Gasteiger partial charge is 0.325 e. The van der Waals surface area contributed by atoms with Gasteiger partial charge in [0.2, 0.25) is 11.9 Å². The molecule has 0 unspecified atom stereocenters. The Morgan fingerprint density at radius 3 is 2.56 bits per heavy atom. The number of pyridine rings is 1. The number of imidazole rings is 1. The third kappa shape index (κ3) is 5.64. The Bertz CT molecular complexity index is 1380. The summed E-state index contributed by atoms with van der Waals surface area (Å²) >= 11 is 0. The minimum Gasteiger partial charge on any atom is -0.384 e. The van der Waals surface area contributed by atoms with Gasteiger partial charge in [-0.05, 0) is 62.4 Å². The van der Waals surface area contributed by atoms with Gasteiger partial charge in [-0.2, -0.15) is 0 Å². The maximum Gasteiger partial charge on any atom is 0.325 e. The first kappa shape index (κ1) is 27.8. The molecule has 39 heavy (non-hydrogen) atoms. The molecule has 4 rings (SSSR count). The van der Waals surface area contributed by atoms with Gasteiger partial charge >= 0.3 is 6.03 Å². The molecule has 2 aromatic heterocycles. The second-order valence-electron chi connectivity index (χ2n) is 10.4. The fraction of sp³-hybridized carbons (Fsp3) is 0.414. The second-order valence-corrected chi connectivity index (χ2v) is 10.4. The van der Waals surface area contributed by atoms with E-state index in [0.29, 0.717) is 18.2 Å². The molecule has 3 N–H and O–H groups in total. The van der Waals surface area contributed by atoms with Crippen molar-refractivity contribution < 1.29 is 14.4 Å². The molecule has 10 nitrogen and oxygen atoms in total. The van der Waals surface area contributed by atoms with Crippen molar-refractivity contribution in [2.45, 2.75) is 59.0 Å². The van der Waals surface area contributed by atoms with Gasteiger partial charge in [-0.25, -0.2) is 14.8 Å². The van der Waals surface area contributed by atoms with Crippen LogP contribution in [0.3, 0.4) is 0 Å². The fourth-order valence-corrected chi connectivity index (χ4v) is 5.32. The number of nitrogen functional groups attached to an aromatic ring is 1. The molecule has 1 aliphatic rings. The molecule has 0 aliphatic carbocycles. The van der Waals surface area contributed by atoms with Crippen LogP contribution in [-0.2, 0) is 23.1 Å². The highest BCUT2D eigenvalue weighted by Crippen LogP contribution is 2.34. The van der Waals surface area contributed by atoms with Crippen molar-refractivity contribution in [2.24, 2.45) is 13.0 Å². The lowest BCUT2D eigenvalue weighted by molar-refractivity contribution is -0.156. The third-order valence-electron chi connectivity index (χ3n) is 7.29. The van der Waals surface area contributed by atoms with E-state index < -0.39 is 23.9 Å². The quantitative estimate of drug-likeness (QED) is 0.428. The van der Waals surface area contributed by atoms with Crippen LogP contribution in [0.5, 0.6) is 0 Å². The number of amides is 4. The van der Waals surface area contributed by atoms with Crippen LogP contribution in [0.2, 0.25) is 0 Å². The number of carbonyl (C=O) groups is 3. The van der Waals surface area contributed by atoms with E-state index in [9.17, 15) is 14.4 Å². The fourth-order valence-electron chi connectivity index (χ4n) is 5.32. The van der Waals surface area contributed by atoms with Crippen molar-refractivity contribution in [1.82, 2.24) is 24.8 Å². The summed E-state index contributed by atoms with van der Waals surface area (Å²) in [5.74, 6) is -0.751. The summed E-state index contributed by atoms with van der Waals surface area (Å²) in [4.78, 5) is 51.9. The van der Waals surface area contributed by atoms with E-state index in [0.717, 1.165) is 39.3 Å². The first-order valence-corrected chi connectivity index (χ1v) is 13.2. The summed E-state index contributed by atoms with van der Waals surface area (Å²) < 4.78 is 1.71. The molecule has 4 amide bonds. The summed E-state index contributed by atoms with van der Waals surface area (Å²) in [5.41, 5.74) is 10.6. The molecule has 0 spiro atoms. The van der Waals surface area contributed by atoms with Gasteiger partial charge in [0.25, 0.3) is 5.91 Å². The number of likely N-dealkylation sites (tertiary alicyclic amines) is 1. The lowest BCUT2D eigenvalue weighted by Gasteiger charge is -2.46. The van der Waals surface area contributed by atoms with E-state index in [1.165, 1.54) is 4.90 Å². The molecule has 0 bridgehead atoms. The highest BCUT2D eigenvalue weighted by Gasteiger charge is 2.55. The molecular weight excluding hydrogens is 494 g/mol. The zero-order valence-electron chi connectivity index (χ0n) is 23.4. The summed E-state index contributed by atoms with van der Waals surface area (Å²) in [6.45, 7) is 7.88. The van der Waals surface area contributed by atoms with E-state index >= 15 is 0 Å². The number of rotatable bonds is 8. The maximum absolute atomic E-state index is 13.8. The van der Waals surface area contributed by atoms with Gasteiger partial charge < -0.3 is 15.6 Å². The van der Waals surface area contributed by atoms with Crippen molar-refractivity contribution in [2.75, 3.05) is 17.7 Å². The number of likely N-dealkylation sites (N-methyl/N-ethyl adjacent to an activating group) is 1. The Kier molecular flexibility index (Phi) is 8.03. The monoisotopic (exact) mass is 531 g/mol. The Balaban J connectivity index is 1.64. The van der Waals surface area contributed by atoms with Gasteiger partial charge in [0, 0.05) is 32.2 Å². The van der Waals surface area contributed by atoms with Crippen LogP contribution in [-0.4, -0.2) is 50.4 Å². The van der Waals surface area contributed by atoms with Crippen LogP contribution in [0.15, 0.2) is 42.7 Å². The summed E-state index contributed by atoms with van der Waals surface area (Å²) in [7, 11) is 3.38. The number of urea groups is 1. The molecule has 1 aromatic carbocycles. The average Bonchev–Trinajstić information content (AvgIpc) is 3.31. The maximum atomic E-state index is 13.8. The number of β-lactam (4-membered cyclic amide) rings is 1. The van der Waals surface area contributed by atoms with Crippen molar-refractivity contribution in [3.8, 4) is 0 Å². The largest absolute Gasteiger partial charge is 0.384 e. The summed E-state index contributed by atoms with van der Waals surface area (Å²) in [6.07, 6.45) is 5.12. The molecule has 3 atom stereocenters. The molecule has 3 heterocycles. The molecular formula is C29H37N7O3. The number of aryl methyl sites for hydroxylation is 4. The number of anilines is 2. The third-order valence-corrected chi connectivity index (χ3v) is 7.29. The van der Waals surface area contributed by atoms with Crippen LogP contribution < -0.4 is 16.0 Å². The van der Waals surface area contributed by atoms with E-state index in [1.807, 2.05) is 45.9 Å². The molecule has 10 heteroatoms. The van der Waals surface area contributed by atoms with Crippen molar-refractivity contribution in [1.29, 1.82) is 0 Å².